The highest BCUT2D eigenvalue weighted by Gasteiger charge is 2.28. The van der Waals surface area contributed by atoms with Gasteiger partial charge >= 0.3 is 6.03 Å². The van der Waals surface area contributed by atoms with Gasteiger partial charge in [-0.2, -0.15) is 0 Å². The quantitative estimate of drug-likeness (QED) is 0.419. The standard InChI is InChI=1S/C25H22BrClN4O2/c26-21-14-29-23-20(24(21)32)5-3-16-12-17(27)4-6-19(16)22(23)15-7-10-31(11-8-15)25(33)30-18-2-1-9-28-13-18/h1-2,4,6,9,12-14H,3,5,7-8,10-11H2,(H,29,32)(H,30,33). The summed E-state index contributed by atoms with van der Waals surface area (Å²) in [6.45, 7) is 1.21. The summed E-state index contributed by atoms with van der Waals surface area (Å²) in [5, 5.41) is 14.4. The normalized spacial score (nSPS) is 15.5. The summed E-state index contributed by atoms with van der Waals surface area (Å²) < 4.78 is 0.594. The van der Waals surface area contributed by atoms with Crippen molar-refractivity contribution in [2.45, 2.75) is 25.7 Å². The maximum absolute atomic E-state index is 12.7. The molecule has 0 saturated carbocycles. The number of nitrogens with zero attached hydrogens (tertiary/aromatic N) is 3. The summed E-state index contributed by atoms with van der Waals surface area (Å²) in [5.41, 5.74) is 6.90. The fourth-order valence-corrected chi connectivity index (χ4v) is 5.13. The van der Waals surface area contributed by atoms with E-state index < -0.39 is 0 Å². The second-order valence-corrected chi connectivity index (χ2v) is 9.51. The SMILES string of the molecule is O=C(Nc1cccnc1)N1CCC(=C2c3ccc(Cl)cc3CCc3c2ncc(Br)c3O)CC1. The Labute approximate surface area is 205 Å². The van der Waals surface area contributed by atoms with Crippen molar-refractivity contribution in [2.75, 3.05) is 18.4 Å². The molecule has 0 spiro atoms. The number of rotatable bonds is 1. The molecule has 2 amide bonds. The topological polar surface area (TPSA) is 78.4 Å². The highest BCUT2D eigenvalue weighted by molar-refractivity contribution is 9.10. The molecular weight excluding hydrogens is 504 g/mol. The van der Waals surface area contributed by atoms with E-state index in [9.17, 15) is 9.90 Å². The number of aromatic nitrogens is 2. The predicted octanol–water partition coefficient (Wildman–Crippen LogP) is 5.83. The number of hydrogen-bond acceptors (Lipinski definition) is 4. The van der Waals surface area contributed by atoms with Gasteiger partial charge in [0.25, 0.3) is 0 Å². The molecule has 0 unspecified atom stereocenters. The van der Waals surface area contributed by atoms with Gasteiger partial charge in [-0.15, -0.1) is 0 Å². The Balaban J connectivity index is 1.49. The molecule has 33 heavy (non-hydrogen) atoms. The van der Waals surface area contributed by atoms with E-state index >= 15 is 0 Å². The molecule has 3 heterocycles. The Morgan fingerprint density at radius 2 is 1.94 bits per heavy atom. The lowest BCUT2D eigenvalue weighted by Gasteiger charge is -2.30. The van der Waals surface area contributed by atoms with Gasteiger partial charge in [-0.05, 0) is 77.0 Å². The number of pyridine rings is 2. The van der Waals surface area contributed by atoms with Crippen molar-refractivity contribution in [3.8, 4) is 5.75 Å². The Morgan fingerprint density at radius 1 is 1.12 bits per heavy atom. The Hall–Kier alpha value is -2.90. The number of benzene rings is 1. The van der Waals surface area contributed by atoms with Crippen LogP contribution in [0.5, 0.6) is 5.75 Å². The van der Waals surface area contributed by atoms with Gasteiger partial charge in [0, 0.05) is 41.6 Å². The van der Waals surface area contributed by atoms with Gasteiger partial charge in [0.2, 0.25) is 0 Å². The number of amides is 2. The zero-order chi connectivity index (χ0) is 22.9. The first-order valence-electron chi connectivity index (χ1n) is 10.8. The first kappa shape index (κ1) is 21.9. The van der Waals surface area contributed by atoms with Crippen LogP contribution in [0.2, 0.25) is 5.02 Å². The molecule has 2 aromatic heterocycles. The lowest BCUT2D eigenvalue weighted by Crippen LogP contribution is -2.39. The zero-order valence-corrected chi connectivity index (χ0v) is 20.2. The maximum atomic E-state index is 12.7. The van der Waals surface area contributed by atoms with E-state index in [1.165, 1.54) is 5.57 Å². The first-order valence-corrected chi connectivity index (χ1v) is 12.0. The zero-order valence-electron chi connectivity index (χ0n) is 17.8. The van der Waals surface area contributed by atoms with Crippen LogP contribution in [0.3, 0.4) is 0 Å². The van der Waals surface area contributed by atoms with Gasteiger partial charge in [0.15, 0.2) is 0 Å². The number of carbonyl (C=O) groups is 1. The summed E-state index contributed by atoms with van der Waals surface area (Å²) in [6, 6.07) is 9.45. The first-order chi connectivity index (χ1) is 16.0. The minimum Gasteiger partial charge on any atom is -0.506 e. The molecule has 3 aromatic rings. The highest BCUT2D eigenvalue weighted by atomic mass is 79.9. The Kier molecular flexibility index (Phi) is 6.08. The number of carbonyl (C=O) groups excluding carboxylic acids is 1. The maximum Gasteiger partial charge on any atom is 0.321 e. The van der Waals surface area contributed by atoms with Crippen LogP contribution >= 0.6 is 27.5 Å². The van der Waals surface area contributed by atoms with Crippen LogP contribution in [0, 0.1) is 0 Å². The molecule has 0 atom stereocenters. The summed E-state index contributed by atoms with van der Waals surface area (Å²) in [6.07, 6.45) is 7.88. The third kappa shape index (κ3) is 4.35. The number of nitrogens with one attached hydrogen (secondary N) is 1. The van der Waals surface area contributed by atoms with Gasteiger partial charge < -0.3 is 15.3 Å². The second-order valence-electron chi connectivity index (χ2n) is 8.22. The van der Waals surface area contributed by atoms with Crippen LogP contribution < -0.4 is 5.32 Å². The van der Waals surface area contributed by atoms with Gasteiger partial charge in [-0.3, -0.25) is 9.97 Å². The summed E-state index contributed by atoms with van der Waals surface area (Å²) in [7, 11) is 0. The highest BCUT2D eigenvalue weighted by Crippen LogP contribution is 2.42. The second kappa shape index (κ2) is 9.15. The fraction of sp³-hybridized carbons (Fsp3) is 0.240. The molecule has 1 saturated heterocycles. The number of fused-ring (bicyclic) bond motifs is 2. The number of aromatic hydroxyl groups is 1. The van der Waals surface area contributed by atoms with E-state index in [1.54, 1.807) is 24.7 Å². The van der Waals surface area contributed by atoms with Gasteiger partial charge in [0.05, 0.1) is 22.1 Å². The van der Waals surface area contributed by atoms with Crippen LogP contribution in [0.25, 0.3) is 5.57 Å². The molecule has 0 bridgehead atoms. The van der Waals surface area contributed by atoms with Crippen molar-refractivity contribution < 1.29 is 9.90 Å². The van der Waals surface area contributed by atoms with Crippen molar-refractivity contribution in [3.05, 3.63) is 86.4 Å². The van der Waals surface area contributed by atoms with E-state index in [1.807, 2.05) is 23.1 Å². The summed E-state index contributed by atoms with van der Waals surface area (Å²) in [4.78, 5) is 23.3. The summed E-state index contributed by atoms with van der Waals surface area (Å²) >= 11 is 9.72. The molecule has 1 fully saturated rings. The minimum absolute atomic E-state index is 0.125. The number of hydrogen-bond donors (Lipinski definition) is 2. The lowest BCUT2D eigenvalue weighted by atomic mass is 9.88. The van der Waals surface area contributed by atoms with Gasteiger partial charge in [-0.25, -0.2) is 4.79 Å². The number of likely N-dealkylation sites (tertiary alicyclic amines) is 1. The Bertz CT molecular complexity index is 1250. The van der Waals surface area contributed by atoms with E-state index in [-0.39, 0.29) is 11.8 Å². The minimum atomic E-state index is -0.125. The number of anilines is 1. The predicted molar refractivity (Wildman–Crippen MR) is 133 cm³/mol. The number of piperidine rings is 1. The van der Waals surface area contributed by atoms with Crippen molar-refractivity contribution in [1.29, 1.82) is 0 Å². The molecule has 2 N–H and O–H groups in total. The number of urea groups is 1. The monoisotopic (exact) mass is 524 g/mol. The molecule has 1 aromatic carbocycles. The molecule has 8 heteroatoms. The molecule has 1 aliphatic heterocycles. The molecule has 1 aliphatic carbocycles. The largest absolute Gasteiger partial charge is 0.506 e. The molecule has 5 rings (SSSR count). The molecular formula is C25H22BrClN4O2. The third-order valence-corrected chi connectivity index (χ3v) is 7.06. The molecule has 2 aliphatic rings. The van der Waals surface area contributed by atoms with Crippen molar-refractivity contribution in [3.63, 3.8) is 0 Å². The smallest absolute Gasteiger partial charge is 0.321 e. The van der Waals surface area contributed by atoms with E-state index in [0.29, 0.717) is 34.7 Å². The van der Waals surface area contributed by atoms with E-state index in [4.69, 9.17) is 16.6 Å². The van der Waals surface area contributed by atoms with Crippen LogP contribution in [0.15, 0.2) is 59.0 Å². The van der Waals surface area contributed by atoms with Crippen LogP contribution in [0.4, 0.5) is 10.5 Å². The third-order valence-electron chi connectivity index (χ3n) is 6.24. The molecule has 168 valence electrons. The lowest BCUT2D eigenvalue weighted by molar-refractivity contribution is 0.207. The Morgan fingerprint density at radius 3 is 2.70 bits per heavy atom. The van der Waals surface area contributed by atoms with Crippen molar-refractivity contribution in [2.24, 2.45) is 0 Å². The van der Waals surface area contributed by atoms with Crippen LogP contribution in [-0.2, 0) is 12.8 Å². The summed E-state index contributed by atoms with van der Waals surface area (Å²) in [5.74, 6) is 0.241. The number of aryl methyl sites for hydroxylation is 1. The van der Waals surface area contributed by atoms with Crippen LogP contribution in [0.1, 0.15) is 35.2 Å². The molecule has 6 nitrogen and oxygen atoms in total. The van der Waals surface area contributed by atoms with Gasteiger partial charge in [-0.1, -0.05) is 23.2 Å². The fourth-order valence-electron chi connectivity index (χ4n) is 4.60. The van der Waals surface area contributed by atoms with Crippen molar-refractivity contribution in [1.82, 2.24) is 14.9 Å². The van der Waals surface area contributed by atoms with Crippen LogP contribution in [-0.4, -0.2) is 39.1 Å². The average Bonchev–Trinajstić information content (AvgIpc) is 2.99. The van der Waals surface area contributed by atoms with Gasteiger partial charge in [0.1, 0.15) is 5.75 Å². The molecule has 0 radical (unpaired) electrons. The van der Waals surface area contributed by atoms with E-state index in [0.717, 1.165) is 47.2 Å². The van der Waals surface area contributed by atoms with Crippen molar-refractivity contribution >= 4 is 44.8 Å². The number of halogens is 2. The van der Waals surface area contributed by atoms with E-state index in [2.05, 4.69) is 32.3 Å². The average molecular weight is 526 g/mol.